The van der Waals surface area contributed by atoms with Gasteiger partial charge in [0.05, 0.1) is 10.9 Å². The summed E-state index contributed by atoms with van der Waals surface area (Å²) in [5.41, 5.74) is 3.39. The van der Waals surface area contributed by atoms with Gasteiger partial charge < -0.3 is 9.47 Å². The molecule has 0 heterocycles. The highest BCUT2D eigenvalue weighted by Gasteiger charge is 2.15. The topological polar surface area (TPSA) is 52.6 Å². The molecule has 0 aromatic heterocycles. The van der Waals surface area contributed by atoms with Gasteiger partial charge in [-0.25, -0.2) is 9.59 Å². The SMILES string of the molecule is O=C(/C=C/c1ccccc1)Oc1cccc2cccc(OC(=O)c3ccc(-c4ccccc4)cc3)c12. The van der Waals surface area contributed by atoms with Crippen LogP contribution in [0.4, 0.5) is 0 Å². The summed E-state index contributed by atoms with van der Waals surface area (Å²) in [5, 5.41) is 1.34. The smallest absolute Gasteiger partial charge is 0.343 e. The van der Waals surface area contributed by atoms with E-state index < -0.39 is 11.9 Å². The quantitative estimate of drug-likeness (QED) is 0.148. The van der Waals surface area contributed by atoms with Gasteiger partial charge in [0.25, 0.3) is 0 Å². The lowest BCUT2D eigenvalue weighted by atomic mass is 10.0. The van der Waals surface area contributed by atoms with Crippen molar-refractivity contribution in [2.45, 2.75) is 0 Å². The molecule has 5 aromatic rings. The number of fused-ring (bicyclic) bond motifs is 1. The number of carbonyl (C=O) groups excluding carboxylic acids is 2. The zero-order valence-electron chi connectivity index (χ0n) is 19.3. The third-order valence-electron chi connectivity index (χ3n) is 5.68. The van der Waals surface area contributed by atoms with Crippen molar-refractivity contribution >= 4 is 28.8 Å². The summed E-state index contributed by atoms with van der Waals surface area (Å²) >= 11 is 0. The van der Waals surface area contributed by atoms with Crippen LogP contribution in [0.1, 0.15) is 15.9 Å². The van der Waals surface area contributed by atoms with Gasteiger partial charge in [-0.15, -0.1) is 0 Å². The summed E-state index contributed by atoms with van der Waals surface area (Å²) in [6.45, 7) is 0. The highest BCUT2D eigenvalue weighted by molar-refractivity contribution is 6.00. The molecule has 0 aliphatic carbocycles. The molecule has 0 N–H and O–H groups in total. The molecule has 0 fully saturated rings. The predicted octanol–water partition coefficient (Wildman–Crippen LogP) is 7.34. The summed E-state index contributed by atoms with van der Waals surface area (Å²) in [5.74, 6) is -0.380. The lowest BCUT2D eigenvalue weighted by Gasteiger charge is -2.12. The van der Waals surface area contributed by atoms with Gasteiger partial charge in [0.2, 0.25) is 0 Å². The van der Waals surface area contributed by atoms with Crippen LogP contribution in [0.5, 0.6) is 11.5 Å². The summed E-state index contributed by atoms with van der Waals surface area (Å²) in [4.78, 5) is 25.5. The van der Waals surface area contributed by atoms with Crippen molar-refractivity contribution in [2.75, 3.05) is 0 Å². The average molecular weight is 471 g/mol. The molecule has 5 rings (SSSR count). The Morgan fingerprint density at radius 2 is 1.14 bits per heavy atom. The van der Waals surface area contributed by atoms with Crippen LogP contribution in [-0.4, -0.2) is 11.9 Å². The molecule has 0 saturated carbocycles. The Hall–Kier alpha value is -4.96. The van der Waals surface area contributed by atoms with E-state index in [1.807, 2.05) is 84.9 Å². The van der Waals surface area contributed by atoms with Crippen LogP contribution in [0.25, 0.3) is 28.0 Å². The van der Waals surface area contributed by atoms with Crippen molar-refractivity contribution in [1.82, 2.24) is 0 Å². The molecule has 4 nitrogen and oxygen atoms in total. The molecule has 0 aliphatic rings. The van der Waals surface area contributed by atoms with E-state index in [1.54, 1.807) is 42.5 Å². The first-order valence-electron chi connectivity index (χ1n) is 11.5. The van der Waals surface area contributed by atoms with Crippen LogP contribution >= 0.6 is 0 Å². The molecule has 0 unspecified atom stereocenters. The zero-order valence-corrected chi connectivity index (χ0v) is 19.3. The lowest BCUT2D eigenvalue weighted by Crippen LogP contribution is -2.09. The van der Waals surface area contributed by atoms with Crippen LogP contribution in [0.3, 0.4) is 0 Å². The number of benzene rings is 5. The van der Waals surface area contributed by atoms with Crippen molar-refractivity contribution in [1.29, 1.82) is 0 Å². The molecule has 4 heteroatoms. The lowest BCUT2D eigenvalue weighted by molar-refractivity contribution is -0.128. The second kappa shape index (κ2) is 10.5. The van der Waals surface area contributed by atoms with Gasteiger partial charge in [-0.1, -0.05) is 97.1 Å². The second-order valence-corrected chi connectivity index (χ2v) is 8.11. The number of carbonyl (C=O) groups is 2. The largest absolute Gasteiger partial charge is 0.423 e. The maximum absolute atomic E-state index is 13.0. The number of rotatable bonds is 6. The van der Waals surface area contributed by atoms with Crippen LogP contribution in [0.2, 0.25) is 0 Å². The summed E-state index contributed by atoms with van der Waals surface area (Å²) < 4.78 is 11.4. The molecule has 0 atom stereocenters. The first-order valence-corrected chi connectivity index (χ1v) is 11.5. The second-order valence-electron chi connectivity index (χ2n) is 8.11. The molecule has 36 heavy (non-hydrogen) atoms. The molecule has 0 aliphatic heterocycles. The van der Waals surface area contributed by atoms with E-state index in [-0.39, 0.29) is 0 Å². The predicted molar refractivity (Wildman–Crippen MR) is 142 cm³/mol. The summed E-state index contributed by atoms with van der Waals surface area (Å²) in [7, 11) is 0. The van der Waals surface area contributed by atoms with Gasteiger partial charge in [-0.3, -0.25) is 0 Å². The summed E-state index contributed by atoms with van der Waals surface area (Å²) in [6.07, 6.45) is 3.06. The monoisotopic (exact) mass is 470 g/mol. The van der Waals surface area contributed by atoms with Crippen LogP contribution < -0.4 is 9.47 Å². The maximum atomic E-state index is 13.0. The minimum Gasteiger partial charge on any atom is -0.423 e. The molecule has 0 bridgehead atoms. The molecule has 0 saturated heterocycles. The third-order valence-corrected chi connectivity index (χ3v) is 5.68. The molecular formula is C32H22O4. The first-order chi connectivity index (χ1) is 17.7. The van der Waals surface area contributed by atoms with Crippen molar-refractivity contribution in [3.8, 4) is 22.6 Å². The van der Waals surface area contributed by atoms with Crippen LogP contribution in [0, 0.1) is 0 Å². The maximum Gasteiger partial charge on any atom is 0.343 e. The van der Waals surface area contributed by atoms with Crippen LogP contribution in [-0.2, 0) is 4.79 Å². The van der Waals surface area contributed by atoms with Crippen molar-refractivity contribution in [3.63, 3.8) is 0 Å². The number of ether oxygens (including phenoxy) is 2. The average Bonchev–Trinajstić information content (AvgIpc) is 2.93. The molecule has 0 spiro atoms. The van der Waals surface area contributed by atoms with Gasteiger partial charge in [0, 0.05) is 6.08 Å². The molecular weight excluding hydrogens is 448 g/mol. The zero-order chi connectivity index (χ0) is 24.7. The van der Waals surface area contributed by atoms with Crippen LogP contribution in [0.15, 0.2) is 127 Å². The van der Waals surface area contributed by atoms with Gasteiger partial charge in [0.1, 0.15) is 11.5 Å². The molecule has 174 valence electrons. The van der Waals surface area contributed by atoms with Gasteiger partial charge >= 0.3 is 11.9 Å². The fraction of sp³-hybridized carbons (Fsp3) is 0. The van der Waals surface area contributed by atoms with Crippen molar-refractivity contribution in [3.05, 3.63) is 139 Å². The Balaban J connectivity index is 1.37. The Bertz CT molecular complexity index is 1530. The molecule has 0 amide bonds. The minimum atomic E-state index is -0.524. The van der Waals surface area contributed by atoms with Gasteiger partial charge in [-0.2, -0.15) is 0 Å². The van der Waals surface area contributed by atoms with Gasteiger partial charge in [-0.05, 0) is 52.4 Å². The molecule has 0 radical (unpaired) electrons. The fourth-order valence-corrected chi connectivity index (χ4v) is 3.90. The summed E-state index contributed by atoms with van der Waals surface area (Å²) in [6, 6.07) is 37.4. The van der Waals surface area contributed by atoms with E-state index in [2.05, 4.69) is 0 Å². The van der Waals surface area contributed by atoms with E-state index in [1.165, 1.54) is 6.08 Å². The van der Waals surface area contributed by atoms with E-state index in [9.17, 15) is 9.59 Å². The van der Waals surface area contributed by atoms with Gasteiger partial charge in [0.15, 0.2) is 0 Å². The normalized spacial score (nSPS) is 10.9. The first kappa shape index (κ1) is 22.8. The van der Waals surface area contributed by atoms with E-state index in [0.29, 0.717) is 22.4 Å². The number of hydrogen-bond acceptors (Lipinski definition) is 4. The number of esters is 2. The Morgan fingerprint density at radius 3 is 1.81 bits per heavy atom. The number of hydrogen-bond donors (Lipinski definition) is 0. The molecule has 5 aromatic carbocycles. The van der Waals surface area contributed by atoms with E-state index >= 15 is 0 Å². The van der Waals surface area contributed by atoms with E-state index in [4.69, 9.17) is 9.47 Å². The Labute approximate surface area is 209 Å². The van der Waals surface area contributed by atoms with Crippen molar-refractivity contribution in [2.24, 2.45) is 0 Å². The Kier molecular flexibility index (Phi) is 6.68. The Morgan fingerprint density at radius 1 is 0.556 bits per heavy atom. The third kappa shape index (κ3) is 5.24. The fourth-order valence-electron chi connectivity index (χ4n) is 3.90. The van der Waals surface area contributed by atoms with Crippen molar-refractivity contribution < 1.29 is 19.1 Å². The highest BCUT2D eigenvalue weighted by Crippen LogP contribution is 2.35. The standard InChI is InChI=1S/C32H22O4/c33-30(22-17-23-9-3-1-4-10-23)35-28-15-7-13-26-14-8-16-29(31(26)28)36-32(34)27-20-18-25(19-21-27)24-11-5-2-6-12-24/h1-22H/b22-17+. The van der Waals surface area contributed by atoms with E-state index in [0.717, 1.165) is 22.1 Å². The minimum absolute atomic E-state index is 0.318. The highest BCUT2D eigenvalue weighted by atomic mass is 16.5.